The first-order chi connectivity index (χ1) is 49.6. The van der Waals surface area contributed by atoms with Crippen LogP contribution in [0.3, 0.4) is 0 Å². The Kier molecular flexibility index (Phi) is 24.8. The Hall–Kier alpha value is -9.68. The van der Waals surface area contributed by atoms with Gasteiger partial charge in [0, 0.05) is 0 Å². The molecular weight excluding hydrogens is 1660 g/mol. The van der Waals surface area contributed by atoms with Crippen molar-refractivity contribution in [3.63, 3.8) is 0 Å². The van der Waals surface area contributed by atoms with E-state index in [1.165, 1.54) is 48.5 Å². The quantitative estimate of drug-likeness (QED) is 0.0171. The second kappa shape index (κ2) is 32.0. The van der Waals surface area contributed by atoms with Gasteiger partial charge in [-0.25, -0.2) is 105 Å². The van der Waals surface area contributed by atoms with E-state index in [2.05, 4.69) is 16.7 Å². The van der Waals surface area contributed by atoms with Gasteiger partial charge in [-0.3, -0.25) is 0 Å². The van der Waals surface area contributed by atoms with Gasteiger partial charge in [0.25, 0.3) is 0 Å². The van der Waals surface area contributed by atoms with Crippen molar-refractivity contribution >= 4 is 82.5 Å². The van der Waals surface area contributed by atoms with E-state index < -0.39 is 247 Å². The maximum absolute atomic E-state index is 14.1. The molecule has 568 valence electrons. The smallest absolute Gasteiger partial charge is 0.345 e. The van der Waals surface area contributed by atoms with Crippen molar-refractivity contribution < 1.29 is 164 Å². The topological polar surface area (TPSA) is 288 Å². The van der Waals surface area contributed by atoms with Crippen molar-refractivity contribution in [2.75, 3.05) is 5.08 Å². The summed E-state index contributed by atoms with van der Waals surface area (Å²) in [7, 11) is -34.5. The fourth-order valence-electron chi connectivity index (χ4n) is 8.52. The zero-order valence-corrected chi connectivity index (χ0v) is 57.4. The van der Waals surface area contributed by atoms with Crippen molar-refractivity contribution in [1.82, 2.24) is 0 Å². The Morgan fingerprint density at radius 2 is 0.355 bits per heavy atom. The summed E-state index contributed by atoms with van der Waals surface area (Å²) in [6.45, 7) is 0. The van der Waals surface area contributed by atoms with Crippen LogP contribution in [0.2, 0.25) is 0 Å². The molecule has 46 heteroatoms. The summed E-state index contributed by atoms with van der Waals surface area (Å²) in [6, 6.07) is 35.0. The molecule has 0 bridgehead atoms. The van der Waals surface area contributed by atoms with Crippen molar-refractivity contribution in [3.8, 4) is 23.0 Å². The van der Waals surface area contributed by atoms with Crippen LogP contribution in [0.15, 0.2) is 207 Å². The van der Waals surface area contributed by atoms with Gasteiger partial charge in [-0.05, 0) is 121 Å². The number of halogens is 20. The van der Waals surface area contributed by atoms with Crippen LogP contribution in [0.4, 0.5) is 87.8 Å². The van der Waals surface area contributed by atoms with E-state index in [0.29, 0.717) is 29.4 Å². The SMILES string of the molecule is O=S(=O)(Oc1ccc([S+](c2ccccc2)c2ccc(OS(=O)(=O)c3c(F)c(F)c(F)c(F)c3F)cc2)cc1)c1c(F)c(F)c(F)c(F)c1F.O=S(=O)(Oc1ccc([S+](c2ccccc2)c2ccc(OS(=O)(=O)c3c(F)c(F)c(F)c(F)c3F)cc2)cc1)c1c(F)c(F)c(F)c(F)c1F.O=S(=O)([O-])CS(=O)(=O)[O-]. The molecule has 107 heavy (non-hydrogen) atoms. The first kappa shape index (κ1) is 83.0. The number of benzene rings is 10. The highest BCUT2D eigenvalue weighted by Gasteiger charge is 2.41. The minimum atomic E-state index is -5.59. The fraction of sp³-hybridized carbons (Fsp3) is 0.0164. The molecular formula is C61H28F20O18S8. The predicted octanol–water partition coefficient (Wildman–Crippen LogP) is 13.5. The van der Waals surface area contributed by atoms with Crippen LogP contribution in [0.1, 0.15) is 0 Å². The lowest BCUT2D eigenvalue weighted by Gasteiger charge is -2.12. The molecule has 0 fully saturated rings. The minimum absolute atomic E-state index is 0.398. The van der Waals surface area contributed by atoms with Gasteiger partial charge in [0.15, 0.2) is 142 Å². The summed E-state index contributed by atoms with van der Waals surface area (Å²) in [5.74, 6) is -53.8. The summed E-state index contributed by atoms with van der Waals surface area (Å²) in [4.78, 5) is -6.03. The molecule has 0 atom stereocenters. The lowest BCUT2D eigenvalue weighted by molar-refractivity contribution is 0.352. The third-order valence-electron chi connectivity index (χ3n) is 13.0. The first-order valence-corrected chi connectivity index (χ1v) is 38.6. The summed E-state index contributed by atoms with van der Waals surface area (Å²) in [5.41, 5.74) is 0. The molecule has 10 aromatic rings. The van der Waals surface area contributed by atoms with Gasteiger partial charge in [0.05, 0.1) is 21.8 Å². The van der Waals surface area contributed by atoms with Gasteiger partial charge in [-0.15, -0.1) is 0 Å². The molecule has 0 saturated carbocycles. The lowest BCUT2D eigenvalue weighted by Crippen LogP contribution is -2.17. The summed E-state index contributed by atoms with van der Waals surface area (Å²) in [6.07, 6.45) is 0. The molecule has 0 aliphatic heterocycles. The molecule has 0 saturated heterocycles. The van der Waals surface area contributed by atoms with Crippen molar-refractivity contribution in [1.29, 1.82) is 0 Å². The molecule has 0 spiro atoms. The maximum Gasteiger partial charge on any atom is 0.345 e. The molecule has 0 radical (unpaired) electrons. The zero-order valence-electron chi connectivity index (χ0n) is 50.9. The highest BCUT2D eigenvalue weighted by atomic mass is 32.3. The maximum atomic E-state index is 14.1. The summed E-state index contributed by atoms with van der Waals surface area (Å²) >= 11 is 0. The lowest BCUT2D eigenvalue weighted by atomic mass is 10.3. The molecule has 18 nitrogen and oxygen atoms in total. The molecule has 0 N–H and O–H groups in total. The van der Waals surface area contributed by atoms with Crippen LogP contribution in [0.5, 0.6) is 23.0 Å². The fourth-order valence-corrected chi connectivity index (χ4v) is 18.3. The van der Waals surface area contributed by atoms with Gasteiger partial charge >= 0.3 is 40.5 Å². The molecule has 0 amide bonds. The molecule has 10 rings (SSSR count). The van der Waals surface area contributed by atoms with Gasteiger partial charge in [0.1, 0.15) is 48.3 Å². The second-order valence-electron chi connectivity index (χ2n) is 20.1. The van der Waals surface area contributed by atoms with Crippen molar-refractivity contribution in [2.45, 2.75) is 49.0 Å². The Morgan fingerprint density at radius 1 is 0.215 bits per heavy atom. The number of hydrogen-bond donors (Lipinski definition) is 0. The van der Waals surface area contributed by atoms with E-state index in [-0.39, 0.29) is 0 Å². The zero-order chi connectivity index (χ0) is 79.7. The van der Waals surface area contributed by atoms with Gasteiger partial charge < -0.3 is 25.8 Å². The van der Waals surface area contributed by atoms with Crippen LogP contribution in [0, 0.1) is 116 Å². The first-order valence-electron chi connectivity index (χ1n) is 27.3. The molecule has 0 heterocycles. The third kappa shape index (κ3) is 18.3. The number of hydrogen-bond acceptors (Lipinski definition) is 18. The van der Waals surface area contributed by atoms with Crippen molar-refractivity contribution in [3.05, 3.63) is 274 Å². The van der Waals surface area contributed by atoms with E-state index in [4.69, 9.17) is 0 Å². The van der Waals surface area contributed by atoms with Crippen molar-refractivity contribution in [2.24, 2.45) is 0 Å². The van der Waals surface area contributed by atoms with Gasteiger partial charge in [-0.2, -0.15) is 33.7 Å². The summed E-state index contributed by atoms with van der Waals surface area (Å²) < 4.78 is 451. The van der Waals surface area contributed by atoms with Gasteiger partial charge in [0.2, 0.25) is 23.3 Å². The second-order valence-corrected chi connectivity index (χ2v) is 33.3. The largest absolute Gasteiger partial charge is 0.747 e. The van der Waals surface area contributed by atoms with E-state index in [1.807, 2.05) is 0 Å². The normalized spacial score (nSPS) is 12.1. The monoisotopic (exact) mass is 1680 g/mol. The van der Waals surface area contributed by atoms with Gasteiger partial charge in [-0.1, -0.05) is 36.4 Å². The van der Waals surface area contributed by atoms with Crippen LogP contribution in [-0.4, -0.2) is 64.7 Å². The van der Waals surface area contributed by atoms with E-state index >= 15 is 0 Å². The van der Waals surface area contributed by atoms with Crippen LogP contribution < -0.4 is 16.7 Å². The molecule has 0 unspecified atom stereocenters. The Labute approximate surface area is 594 Å². The molecule has 0 aliphatic carbocycles. The molecule has 0 aliphatic rings. The Balaban J connectivity index is 0.000000242. The predicted molar refractivity (Wildman–Crippen MR) is 323 cm³/mol. The number of rotatable bonds is 20. The summed E-state index contributed by atoms with van der Waals surface area (Å²) in [5, 5.41) is -1.88. The van der Waals surface area contributed by atoms with E-state index in [0.717, 1.165) is 48.5 Å². The van der Waals surface area contributed by atoms with E-state index in [9.17, 15) is 147 Å². The average molecular weight is 1690 g/mol. The molecule has 0 aromatic heterocycles. The minimum Gasteiger partial charge on any atom is -0.747 e. The van der Waals surface area contributed by atoms with Crippen LogP contribution >= 0.6 is 0 Å². The van der Waals surface area contributed by atoms with Crippen LogP contribution in [-0.2, 0) is 82.5 Å². The van der Waals surface area contributed by atoms with E-state index in [1.54, 1.807) is 60.7 Å². The van der Waals surface area contributed by atoms with Crippen LogP contribution in [0.25, 0.3) is 0 Å². The average Bonchev–Trinajstić information content (AvgIpc) is 0.777. The highest BCUT2D eigenvalue weighted by molar-refractivity contribution is 8.02. The standard InChI is InChI=1S/2C30H13F10O6S3.CH4O6S2/c2*31-19-21(33)25(37)29(26(38)22(19)34)48(41,42)45-14-6-10-17(11-7-14)47(16-4-2-1-3-5-16)18-12-8-15(9-13-18)46-49(43,44)30-27(39)23(35)20(32)24(36)28(30)40;2-8(3,4)1-9(5,6)7/h2*1-13H;1H2,(H,2,3,4)(H,5,6,7)/q2*+1;/p-2. The Bertz CT molecular complexity index is 5090. The molecule has 10 aromatic carbocycles. The third-order valence-corrected chi connectivity index (χ3v) is 24.8. The highest BCUT2D eigenvalue weighted by Crippen LogP contribution is 2.39. The Morgan fingerprint density at radius 3 is 0.495 bits per heavy atom.